The molecule has 0 aliphatic rings. The molecule has 1 rings (SSSR count). The van der Waals surface area contributed by atoms with E-state index in [-0.39, 0.29) is 6.54 Å². The van der Waals surface area contributed by atoms with Gasteiger partial charge in [0.25, 0.3) is 0 Å². The Morgan fingerprint density at radius 1 is 1.56 bits per heavy atom. The number of carbonyl (C=O) groups excluding carboxylic acids is 1. The zero-order valence-electron chi connectivity index (χ0n) is 9.52. The van der Waals surface area contributed by atoms with Crippen molar-refractivity contribution in [3.8, 4) is 0 Å². The average Bonchev–Trinajstić information content (AvgIpc) is 2.60. The van der Waals surface area contributed by atoms with E-state index >= 15 is 0 Å². The van der Waals surface area contributed by atoms with E-state index < -0.39 is 17.3 Å². The number of nitrogens with zero attached hydrogens (tertiary/aromatic N) is 2. The van der Waals surface area contributed by atoms with E-state index in [1.54, 1.807) is 24.0 Å². The summed E-state index contributed by atoms with van der Waals surface area (Å²) < 4.78 is 1.62. The number of aliphatic carboxylic acids is 1. The fourth-order valence-electron chi connectivity index (χ4n) is 1.06. The summed E-state index contributed by atoms with van der Waals surface area (Å²) in [5.74, 6) is -1.66. The van der Waals surface area contributed by atoms with Gasteiger partial charge < -0.3 is 10.4 Å². The number of hydrogen-bond donors (Lipinski definition) is 2. The van der Waals surface area contributed by atoms with E-state index in [9.17, 15) is 9.59 Å². The van der Waals surface area contributed by atoms with Gasteiger partial charge in [-0.05, 0) is 19.9 Å². The summed E-state index contributed by atoms with van der Waals surface area (Å²) >= 11 is 0. The van der Waals surface area contributed by atoms with Crippen molar-refractivity contribution in [1.82, 2.24) is 15.1 Å². The molecule has 0 bridgehead atoms. The van der Waals surface area contributed by atoms with Gasteiger partial charge >= 0.3 is 5.97 Å². The van der Waals surface area contributed by atoms with Crippen molar-refractivity contribution in [1.29, 1.82) is 0 Å². The second-order valence-corrected chi connectivity index (χ2v) is 4.06. The Morgan fingerprint density at radius 2 is 2.19 bits per heavy atom. The monoisotopic (exact) mass is 225 g/mol. The number of carbonyl (C=O) groups is 2. The van der Waals surface area contributed by atoms with Gasteiger partial charge in [0.2, 0.25) is 5.91 Å². The fourth-order valence-corrected chi connectivity index (χ4v) is 1.06. The van der Waals surface area contributed by atoms with Crippen LogP contribution in [-0.2, 0) is 23.2 Å². The van der Waals surface area contributed by atoms with Crippen LogP contribution in [0.2, 0.25) is 0 Å². The van der Waals surface area contributed by atoms with Crippen LogP contribution in [0.4, 0.5) is 0 Å². The van der Waals surface area contributed by atoms with E-state index in [4.69, 9.17) is 5.11 Å². The third-order valence-electron chi connectivity index (χ3n) is 2.45. The molecular formula is C10H15N3O3. The molecule has 0 spiro atoms. The first-order chi connectivity index (χ1) is 7.35. The molecular weight excluding hydrogens is 210 g/mol. The van der Waals surface area contributed by atoms with Gasteiger partial charge in [0.15, 0.2) is 0 Å². The van der Waals surface area contributed by atoms with Gasteiger partial charge in [0.1, 0.15) is 5.41 Å². The van der Waals surface area contributed by atoms with Gasteiger partial charge in [-0.25, -0.2) is 0 Å². The second kappa shape index (κ2) is 4.34. The van der Waals surface area contributed by atoms with Crippen molar-refractivity contribution in [3.63, 3.8) is 0 Å². The topological polar surface area (TPSA) is 84.2 Å². The minimum absolute atomic E-state index is 0.270. The van der Waals surface area contributed by atoms with Crippen LogP contribution in [0.25, 0.3) is 0 Å². The Bertz CT molecular complexity index is 409. The molecule has 0 aliphatic heterocycles. The summed E-state index contributed by atoms with van der Waals surface area (Å²) in [4.78, 5) is 22.4. The molecule has 6 nitrogen and oxygen atoms in total. The van der Waals surface area contributed by atoms with Crippen molar-refractivity contribution in [2.24, 2.45) is 12.5 Å². The number of nitrogens with one attached hydrogen (secondary N) is 1. The highest BCUT2D eigenvalue weighted by molar-refractivity contribution is 6.00. The van der Waals surface area contributed by atoms with Crippen LogP contribution in [0.1, 0.15) is 19.5 Å². The number of carboxylic acid groups (broad SMARTS) is 1. The lowest BCUT2D eigenvalue weighted by atomic mass is 9.93. The molecule has 0 unspecified atom stereocenters. The predicted octanol–water partition coefficient (Wildman–Crippen LogP) is 0.147. The first-order valence-electron chi connectivity index (χ1n) is 4.84. The number of aromatic nitrogens is 2. The summed E-state index contributed by atoms with van der Waals surface area (Å²) in [6.45, 7) is 3.01. The summed E-state index contributed by atoms with van der Waals surface area (Å²) in [5.41, 5.74) is -0.604. The molecule has 1 aromatic heterocycles. The Kier molecular flexibility index (Phi) is 3.31. The van der Waals surface area contributed by atoms with Gasteiger partial charge in [0, 0.05) is 13.2 Å². The van der Waals surface area contributed by atoms with Crippen molar-refractivity contribution < 1.29 is 14.7 Å². The van der Waals surface area contributed by atoms with Crippen LogP contribution in [0, 0.1) is 5.41 Å². The minimum Gasteiger partial charge on any atom is -0.480 e. The van der Waals surface area contributed by atoms with Crippen LogP contribution in [0.5, 0.6) is 0 Å². The molecule has 16 heavy (non-hydrogen) atoms. The summed E-state index contributed by atoms with van der Waals surface area (Å²) in [7, 11) is 1.75. The highest BCUT2D eigenvalue weighted by atomic mass is 16.4. The van der Waals surface area contributed by atoms with Crippen molar-refractivity contribution in [2.75, 3.05) is 0 Å². The van der Waals surface area contributed by atoms with Crippen molar-refractivity contribution in [3.05, 3.63) is 18.0 Å². The highest BCUT2D eigenvalue weighted by Gasteiger charge is 2.35. The van der Waals surface area contributed by atoms with Gasteiger partial charge in [-0.3, -0.25) is 14.3 Å². The molecule has 0 radical (unpaired) electrons. The van der Waals surface area contributed by atoms with Crippen LogP contribution < -0.4 is 5.32 Å². The molecule has 0 atom stereocenters. The molecule has 1 aromatic rings. The number of carboxylic acids is 1. The van der Waals surface area contributed by atoms with Crippen molar-refractivity contribution >= 4 is 11.9 Å². The number of hydrogen-bond acceptors (Lipinski definition) is 3. The highest BCUT2D eigenvalue weighted by Crippen LogP contribution is 2.15. The first kappa shape index (κ1) is 12.2. The molecule has 1 heterocycles. The first-order valence-corrected chi connectivity index (χ1v) is 4.84. The van der Waals surface area contributed by atoms with Crippen LogP contribution in [-0.4, -0.2) is 26.8 Å². The SMILES string of the molecule is Cn1nccc1CNC(=O)C(C)(C)C(=O)O. The third kappa shape index (κ3) is 2.39. The quantitative estimate of drug-likeness (QED) is 0.714. The molecule has 0 fully saturated rings. The zero-order valence-corrected chi connectivity index (χ0v) is 9.52. The molecule has 1 amide bonds. The lowest BCUT2D eigenvalue weighted by Gasteiger charge is -2.18. The van der Waals surface area contributed by atoms with E-state index in [1.807, 2.05) is 0 Å². The fraction of sp³-hybridized carbons (Fsp3) is 0.500. The van der Waals surface area contributed by atoms with Gasteiger partial charge in [0.05, 0.1) is 12.2 Å². The standard InChI is InChI=1S/C10H15N3O3/c1-10(2,9(15)16)8(14)11-6-7-4-5-12-13(7)3/h4-5H,6H2,1-3H3,(H,11,14)(H,15,16). The minimum atomic E-state index is -1.42. The maximum atomic E-state index is 11.6. The molecule has 0 saturated carbocycles. The third-order valence-corrected chi connectivity index (χ3v) is 2.45. The largest absolute Gasteiger partial charge is 0.480 e. The average molecular weight is 225 g/mol. The number of amides is 1. The van der Waals surface area contributed by atoms with Gasteiger partial charge in [-0.2, -0.15) is 5.10 Å². The summed E-state index contributed by atoms with van der Waals surface area (Å²) in [6, 6.07) is 1.76. The Labute approximate surface area is 93.3 Å². The Balaban J connectivity index is 2.60. The zero-order chi connectivity index (χ0) is 12.3. The molecule has 0 saturated heterocycles. The number of rotatable bonds is 4. The Hall–Kier alpha value is -1.85. The normalized spacial score (nSPS) is 11.2. The summed E-state index contributed by atoms with van der Waals surface area (Å²) in [6.07, 6.45) is 1.61. The summed E-state index contributed by atoms with van der Waals surface area (Å²) in [5, 5.41) is 15.4. The maximum Gasteiger partial charge on any atom is 0.318 e. The van der Waals surface area contributed by atoms with E-state index in [0.717, 1.165) is 5.69 Å². The number of aryl methyl sites for hydroxylation is 1. The van der Waals surface area contributed by atoms with E-state index in [0.29, 0.717) is 0 Å². The predicted molar refractivity (Wildman–Crippen MR) is 56.5 cm³/mol. The molecule has 0 aromatic carbocycles. The van der Waals surface area contributed by atoms with Crippen LogP contribution in [0.15, 0.2) is 12.3 Å². The van der Waals surface area contributed by atoms with E-state index in [1.165, 1.54) is 13.8 Å². The molecule has 0 aliphatic carbocycles. The van der Waals surface area contributed by atoms with Crippen molar-refractivity contribution in [2.45, 2.75) is 20.4 Å². The molecule has 2 N–H and O–H groups in total. The molecule has 88 valence electrons. The maximum absolute atomic E-state index is 11.6. The van der Waals surface area contributed by atoms with E-state index in [2.05, 4.69) is 10.4 Å². The smallest absolute Gasteiger partial charge is 0.318 e. The lowest BCUT2D eigenvalue weighted by Crippen LogP contribution is -2.42. The lowest BCUT2D eigenvalue weighted by molar-refractivity contribution is -0.153. The second-order valence-electron chi connectivity index (χ2n) is 4.06. The van der Waals surface area contributed by atoms with Crippen LogP contribution >= 0.6 is 0 Å². The molecule has 6 heteroatoms. The van der Waals surface area contributed by atoms with Gasteiger partial charge in [-0.15, -0.1) is 0 Å². The Morgan fingerprint density at radius 3 is 2.62 bits per heavy atom. The van der Waals surface area contributed by atoms with Crippen LogP contribution in [0.3, 0.4) is 0 Å². The van der Waals surface area contributed by atoms with Gasteiger partial charge in [-0.1, -0.05) is 0 Å².